The second-order valence-corrected chi connectivity index (χ2v) is 7.97. The molecular weight excluding hydrogens is 316 g/mol. The van der Waals surface area contributed by atoms with Gasteiger partial charge < -0.3 is 11.1 Å². The second-order valence-electron chi connectivity index (χ2n) is 5.25. The molecule has 1 aromatic heterocycles. The van der Waals surface area contributed by atoms with Crippen LogP contribution in [0.3, 0.4) is 0 Å². The molecule has 0 aromatic carbocycles. The topological polar surface area (TPSA) is 115 Å². The predicted octanol–water partition coefficient (Wildman–Crippen LogP) is 0.997. The largest absolute Gasteiger partial charge is 0.365 e. The van der Waals surface area contributed by atoms with Crippen LogP contribution in [-0.2, 0) is 9.84 Å². The summed E-state index contributed by atoms with van der Waals surface area (Å²) < 4.78 is 23.3. The van der Waals surface area contributed by atoms with Crippen molar-refractivity contribution in [3.05, 3.63) is 16.8 Å². The number of hydrogen-bond donors (Lipinski definition) is 2. The number of aromatic nitrogens is 2. The van der Waals surface area contributed by atoms with E-state index >= 15 is 0 Å². The summed E-state index contributed by atoms with van der Waals surface area (Å²) in [6.45, 7) is 0. The lowest BCUT2D eigenvalue weighted by molar-refractivity contribution is 0.100. The van der Waals surface area contributed by atoms with E-state index in [2.05, 4.69) is 15.5 Å². The summed E-state index contributed by atoms with van der Waals surface area (Å²) in [5.74, 6) is -0.421. The highest BCUT2D eigenvalue weighted by Crippen LogP contribution is 2.27. The minimum absolute atomic E-state index is 0.0759. The standard InChI is InChI=1S/C12H17ClN4O3S/c1-21(19,20)8-4-2-3-7(5-8)15-12-9(11(14)18)6-10(13)16-17-12/h6-8H,2-5H2,1H3,(H2,14,18)(H,15,17). The number of sulfone groups is 1. The van der Waals surface area contributed by atoms with Gasteiger partial charge in [0.15, 0.2) is 11.0 Å². The fourth-order valence-corrected chi connectivity index (χ4v) is 3.84. The minimum Gasteiger partial charge on any atom is -0.365 e. The highest BCUT2D eigenvalue weighted by molar-refractivity contribution is 7.91. The number of carbonyl (C=O) groups is 1. The Morgan fingerprint density at radius 2 is 2.14 bits per heavy atom. The molecule has 1 aromatic rings. The molecule has 1 heterocycles. The molecule has 1 aliphatic rings. The first-order valence-corrected chi connectivity index (χ1v) is 8.89. The van der Waals surface area contributed by atoms with Crippen molar-refractivity contribution in [2.45, 2.75) is 37.0 Å². The fourth-order valence-electron chi connectivity index (χ4n) is 2.52. The van der Waals surface area contributed by atoms with Crippen molar-refractivity contribution in [2.24, 2.45) is 5.73 Å². The maximum Gasteiger partial charge on any atom is 0.252 e. The zero-order chi connectivity index (χ0) is 15.6. The Balaban J connectivity index is 2.17. The van der Waals surface area contributed by atoms with Crippen molar-refractivity contribution < 1.29 is 13.2 Å². The van der Waals surface area contributed by atoms with Gasteiger partial charge in [-0.25, -0.2) is 8.42 Å². The van der Waals surface area contributed by atoms with Crippen LogP contribution >= 0.6 is 11.6 Å². The molecule has 0 aliphatic heterocycles. The van der Waals surface area contributed by atoms with E-state index in [4.69, 9.17) is 17.3 Å². The summed E-state index contributed by atoms with van der Waals surface area (Å²) in [6, 6.07) is 1.25. The summed E-state index contributed by atoms with van der Waals surface area (Å²) in [5, 5.41) is 10.3. The molecule has 21 heavy (non-hydrogen) atoms. The van der Waals surface area contributed by atoms with Gasteiger partial charge in [-0.05, 0) is 25.3 Å². The maximum absolute atomic E-state index is 11.7. The van der Waals surface area contributed by atoms with Crippen LogP contribution in [0, 0.1) is 0 Å². The van der Waals surface area contributed by atoms with Gasteiger partial charge in [0.05, 0.1) is 10.8 Å². The third-order valence-electron chi connectivity index (χ3n) is 3.60. The van der Waals surface area contributed by atoms with Gasteiger partial charge in [0.2, 0.25) is 0 Å². The van der Waals surface area contributed by atoms with Crippen LogP contribution in [0.2, 0.25) is 5.15 Å². The highest BCUT2D eigenvalue weighted by Gasteiger charge is 2.29. The zero-order valence-electron chi connectivity index (χ0n) is 11.5. The molecule has 9 heteroatoms. The van der Waals surface area contributed by atoms with Gasteiger partial charge in [0.1, 0.15) is 9.84 Å². The molecule has 2 rings (SSSR count). The number of nitrogens with zero attached hydrogens (tertiary/aromatic N) is 2. The van der Waals surface area contributed by atoms with E-state index in [0.717, 1.165) is 12.8 Å². The quantitative estimate of drug-likeness (QED) is 0.849. The molecule has 1 fully saturated rings. The Kier molecular flexibility index (Phi) is 4.67. The molecule has 1 amide bonds. The Morgan fingerprint density at radius 3 is 2.76 bits per heavy atom. The van der Waals surface area contributed by atoms with Gasteiger partial charge in [-0.3, -0.25) is 4.79 Å². The van der Waals surface area contributed by atoms with Gasteiger partial charge in [0.25, 0.3) is 5.91 Å². The van der Waals surface area contributed by atoms with Crippen LogP contribution in [-0.4, -0.2) is 42.1 Å². The number of anilines is 1. The SMILES string of the molecule is CS(=O)(=O)C1CCCC(Nc2nnc(Cl)cc2C(N)=O)C1. The van der Waals surface area contributed by atoms with Crippen LogP contribution in [0.1, 0.15) is 36.0 Å². The molecule has 0 saturated heterocycles. The normalized spacial score (nSPS) is 22.8. The molecule has 3 N–H and O–H groups in total. The van der Waals surface area contributed by atoms with Crippen molar-refractivity contribution in [3.63, 3.8) is 0 Å². The third-order valence-corrected chi connectivity index (χ3v) is 5.43. The molecule has 116 valence electrons. The Bertz CT molecular complexity index is 650. The molecule has 0 bridgehead atoms. The molecule has 2 atom stereocenters. The molecule has 0 radical (unpaired) electrons. The zero-order valence-corrected chi connectivity index (χ0v) is 13.1. The van der Waals surface area contributed by atoms with E-state index in [0.29, 0.717) is 12.8 Å². The first kappa shape index (κ1) is 16.0. The number of nitrogens with one attached hydrogen (secondary N) is 1. The number of halogens is 1. The summed E-state index contributed by atoms with van der Waals surface area (Å²) in [5.41, 5.74) is 5.43. The van der Waals surface area contributed by atoms with E-state index in [1.807, 2.05) is 0 Å². The number of amides is 1. The van der Waals surface area contributed by atoms with E-state index in [9.17, 15) is 13.2 Å². The summed E-state index contributed by atoms with van der Waals surface area (Å²) in [7, 11) is -3.07. The van der Waals surface area contributed by atoms with E-state index in [1.165, 1.54) is 12.3 Å². The molecule has 1 saturated carbocycles. The lowest BCUT2D eigenvalue weighted by Gasteiger charge is -2.29. The van der Waals surface area contributed by atoms with Crippen LogP contribution in [0.15, 0.2) is 6.07 Å². The minimum atomic E-state index is -3.07. The predicted molar refractivity (Wildman–Crippen MR) is 80.1 cm³/mol. The lowest BCUT2D eigenvalue weighted by atomic mass is 9.95. The summed E-state index contributed by atoms with van der Waals surface area (Å²) in [4.78, 5) is 11.4. The van der Waals surface area contributed by atoms with Gasteiger partial charge in [-0.1, -0.05) is 18.0 Å². The Labute approximate surface area is 128 Å². The van der Waals surface area contributed by atoms with Crippen molar-refractivity contribution in [2.75, 3.05) is 11.6 Å². The Morgan fingerprint density at radius 1 is 1.43 bits per heavy atom. The average Bonchev–Trinajstić information content (AvgIpc) is 2.40. The monoisotopic (exact) mass is 332 g/mol. The number of nitrogens with two attached hydrogens (primary N) is 1. The molecule has 1 aliphatic carbocycles. The van der Waals surface area contributed by atoms with Crippen molar-refractivity contribution in [3.8, 4) is 0 Å². The third kappa shape index (κ3) is 4.04. The number of carbonyl (C=O) groups excluding carboxylic acids is 1. The molecule has 0 spiro atoms. The average molecular weight is 333 g/mol. The van der Waals surface area contributed by atoms with Crippen LogP contribution in [0.4, 0.5) is 5.82 Å². The van der Waals surface area contributed by atoms with Crippen LogP contribution < -0.4 is 11.1 Å². The van der Waals surface area contributed by atoms with Crippen LogP contribution in [0.25, 0.3) is 0 Å². The van der Waals surface area contributed by atoms with Crippen molar-refractivity contribution in [1.29, 1.82) is 0 Å². The van der Waals surface area contributed by atoms with Gasteiger partial charge in [-0.15, -0.1) is 10.2 Å². The second kappa shape index (κ2) is 6.15. The van der Waals surface area contributed by atoms with Crippen LogP contribution in [0.5, 0.6) is 0 Å². The molecule has 2 unspecified atom stereocenters. The number of hydrogen-bond acceptors (Lipinski definition) is 6. The van der Waals surface area contributed by atoms with Gasteiger partial charge in [0, 0.05) is 12.3 Å². The number of primary amides is 1. The fraction of sp³-hybridized carbons (Fsp3) is 0.583. The molecule has 7 nitrogen and oxygen atoms in total. The summed E-state index contributed by atoms with van der Waals surface area (Å²) >= 11 is 5.70. The number of rotatable bonds is 4. The first-order chi connectivity index (χ1) is 9.77. The molecular formula is C12H17ClN4O3S. The van der Waals surface area contributed by atoms with E-state index in [1.54, 1.807) is 0 Å². The highest BCUT2D eigenvalue weighted by atomic mass is 35.5. The smallest absolute Gasteiger partial charge is 0.252 e. The lowest BCUT2D eigenvalue weighted by Crippen LogP contribution is -2.35. The summed E-state index contributed by atoms with van der Waals surface area (Å²) in [6.07, 6.45) is 3.97. The van der Waals surface area contributed by atoms with Gasteiger partial charge >= 0.3 is 0 Å². The first-order valence-electron chi connectivity index (χ1n) is 6.56. The maximum atomic E-state index is 11.7. The van der Waals surface area contributed by atoms with Crippen molar-refractivity contribution >= 4 is 33.2 Å². The Hall–Kier alpha value is -1.41. The van der Waals surface area contributed by atoms with E-state index in [-0.39, 0.29) is 27.8 Å². The van der Waals surface area contributed by atoms with Gasteiger partial charge in [-0.2, -0.15) is 0 Å². The van der Waals surface area contributed by atoms with E-state index < -0.39 is 15.7 Å². The van der Waals surface area contributed by atoms with Crippen molar-refractivity contribution in [1.82, 2.24) is 10.2 Å².